The third-order valence-corrected chi connectivity index (χ3v) is 3.88. The Balaban J connectivity index is 2.19. The zero-order valence-corrected chi connectivity index (χ0v) is 14.5. The molecule has 0 fully saturated rings. The third kappa shape index (κ3) is 9.55. The highest BCUT2D eigenvalue weighted by atomic mass is 32.2. The fourth-order valence-electron chi connectivity index (χ4n) is 2.00. The number of unbranched alkanes of at least 4 members (excludes halogenated alkanes) is 3. The number of hydrogen-bond acceptors (Lipinski definition) is 3. The van der Waals surface area contributed by atoms with Gasteiger partial charge in [-0.1, -0.05) is 18.9 Å². The van der Waals surface area contributed by atoms with Gasteiger partial charge >= 0.3 is 0 Å². The molecule has 4 nitrogen and oxygen atoms in total. The summed E-state index contributed by atoms with van der Waals surface area (Å²) >= 11 is 1.92. The van der Waals surface area contributed by atoms with Crippen LogP contribution in [0.4, 0.5) is 0 Å². The highest BCUT2D eigenvalue weighted by molar-refractivity contribution is 7.98. The molecule has 22 heavy (non-hydrogen) atoms. The van der Waals surface area contributed by atoms with Crippen molar-refractivity contribution in [2.24, 2.45) is 4.99 Å². The van der Waals surface area contributed by atoms with Crippen molar-refractivity contribution in [1.82, 2.24) is 10.6 Å². The van der Waals surface area contributed by atoms with Gasteiger partial charge in [-0.3, -0.25) is 4.99 Å². The van der Waals surface area contributed by atoms with Crippen molar-refractivity contribution in [2.45, 2.75) is 32.1 Å². The van der Waals surface area contributed by atoms with Crippen LogP contribution in [0.2, 0.25) is 0 Å². The molecule has 1 rings (SSSR count). The molecule has 0 amide bonds. The van der Waals surface area contributed by atoms with Gasteiger partial charge < -0.3 is 15.1 Å². The molecule has 1 aromatic rings. The molecular weight excluding hydrogens is 294 g/mol. The number of nitrogens with zero attached hydrogens (tertiary/aromatic N) is 1. The van der Waals surface area contributed by atoms with Crippen molar-refractivity contribution in [1.29, 1.82) is 0 Å². The summed E-state index contributed by atoms with van der Waals surface area (Å²) in [7, 11) is 0. The molecule has 124 valence electrons. The average molecular weight is 324 g/mol. The predicted octanol–water partition coefficient (Wildman–Crippen LogP) is 3.47. The van der Waals surface area contributed by atoms with E-state index < -0.39 is 0 Å². The Morgan fingerprint density at radius 2 is 2.18 bits per heavy atom. The van der Waals surface area contributed by atoms with Gasteiger partial charge in [-0.05, 0) is 37.0 Å². The monoisotopic (exact) mass is 323 g/mol. The summed E-state index contributed by atoms with van der Waals surface area (Å²) in [5, 5.41) is 6.58. The molecule has 0 bridgehead atoms. The molecule has 1 aromatic heterocycles. The van der Waals surface area contributed by atoms with Crippen LogP contribution in [0.25, 0.3) is 0 Å². The van der Waals surface area contributed by atoms with E-state index in [1.807, 2.05) is 30.0 Å². The molecule has 0 spiro atoms. The molecule has 0 unspecified atom stereocenters. The van der Waals surface area contributed by atoms with Crippen LogP contribution in [-0.2, 0) is 6.42 Å². The van der Waals surface area contributed by atoms with Crippen LogP contribution in [0, 0.1) is 0 Å². The van der Waals surface area contributed by atoms with Gasteiger partial charge in [0.05, 0.1) is 6.26 Å². The first-order valence-corrected chi connectivity index (χ1v) is 9.40. The summed E-state index contributed by atoms with van der Waals surface area (Å²) in [6.45, 7) is 6.13. The van der Waals surface area contributed by atoms with Gasteiger partial charge in [0.1, 0.15) is 5.76 Å². The summed E-state index contributed by atoms with van der Waals surface area (Å²) in [5.41, 5.74) is 0. The first kappa shape index (κ1) is 18.7. The minimum Gasteiger partial charge on any atom is -0.469 e. The first-order valence-electron chi connectivity index (χ1n) is 8.01. The van der Waals surface area contributed by atoms with Crippen molar-refractivity contribution >= 4 is 17.7 Å². The molecule has 1 heterocycles. The van der Waals surface area contributed by atoms with E-state index in [1.165, 1.54) is 25.0 Å². The Labute approximate surface area is 138 Å². The summed E-state index contributed by atoms with van der Waals surface area (Å²) < 4.78 is 5.32. The van der Waals surface area contributed by atoms with Crippen LogP contribution in [0.1, 0.15) is 31.4 Å². The number of aliphatic imine (C=N–C) groups is 1. The summed E-state index contributed by atoms with van der Waals surface area (Å²) in [4.78, 5) is 4.61. The smallest absolute Gasteiger partial charge is 0.191 e. The van der Waals surface area contributed by atoms with Crippen molar-refractivity contribution in [3.8, 4) is 0 Å². The number of rotatable bonds is 12. The fourth-order valence-corrected chi connectivity index (χ4v) is 2.50. The summed E-state index contributed by atoms with van der Waals surface area (Å²) in [6.07, 6.45) is 11.6. The Kier molecular flexibility index (Phi) is 11.3. The van der Waals surface area contributed by atoms with E-state index in [1.54, 1.807) is 6.26 Å². The first-order chi connectivity index (χ1) is 10.9. The third-order valence-electron chi connectivity index (χ3n) is 3.18. The maximum Gasteiger partial charge on any atom is 0.191 e. The van der Waals surface area contributed by atoms with Crippen LogP contribution in [0.3, 0.4) is 0 Å². The molecule has 0 aliphatic heterocycles. The SMILES string of the molecule is C=CCNC(=NCCCCCCSC)NCCc1ccco1. The van der Waals surface area contributed by atoms with Crippen molar-refractivity contribution in [3.63, 3.8) is 0 Å². The maximum atomic E-state index is 5.32. The van der Waals surface area contributed by atoms with Gasteiger partial charge in [-0.15, -0.1) is 6.58 Å². The quantitative estimate of drug-likeness (QED) is 0.268. The molecule has 0 aliphatic carbocycles. The van der Waals surface area contributed by atoms with Crippen LogP contribution in [0.5, 0.6) is 0 Å². The van der Waals surface area contributed by atoms with Gasteiger partial charge in [0.25, 0.3) is 0 Å². The van der Waals surface area contributed by atoms with Crippen molar-refractivity contribution in [3.05, 3.63) is 36.8 Å². The van der Waals surface area contributed by atoms with E-state index in [9.17, 15) is 0 Å². The van der Waals surface area contributed by atoms with Crippen LogP contribution < -0.4 is 10.6 Å². The number of hydrogen-bond donors (Lipinski definition) is 2. The molecular formula is C17H29N3OS. The fraction of sp³-hybridized carbons (Fsp3) is 0.588. The summed E-state index contributed by atoms with van der Waals surface area (Å²) in [6, 6.07) is 3.90. The van der Waals surface area contributed by atoms with Gasteiger partial charge in [0.2, 0.25) is 0 Å². The lowest BCUT2D eigenvalue weighted by Crippen LogP contribution is -2.38. The number of furan rings is 1. The van der Waals surface area contributed by atoms with Gasteiger partial charge in [0, 0.05) is 26.1 Å². The van der Waals surface area contributed by atoms with Crippen molar-refractivity contribution in [2.75, 3.05) is 31.6 Å². The normalized spacial score (nSPS) is 11.4. The van der Waals surface area contributed by atoms with Gasteiger partial charge in [-0.2, -0.15) is 11.8 Å². The standard InChI is InChI=1S/C17H29N3OS/c1-3-11-18-17(19-12-6-4-5-7-15-22-2)20-13-10-16-9-8-14-21-16/h3,8-9,14H,1,4-7,10-13,15H2,2H3,(H2,18,19,20). The second-order valence-electron chi connectivity index (χ2n) is 5.06. The Morgan fingerprint density at radius 3 is 2.91 bits per heavy atom. The van der Waals surface area contributed by atoms with Crippen molar-refractivity contribution < 1.29 is 4.42 Å². The van der Waals surface area contributed by atoms with E-state index >= 15 is 0 Å². The second kappa shape index (κ2) is 13.3. The number of guanidine groups is 1. The minimum atomic E-state index is 0.723. The summed E-state index contributed by atoms with van der Waals surface area (Å²) in [5.74, 6) is 3.11. The predicted molar refractivity (Wildman–Crippen MR) is 97.8 cm³/mol. The van der Waals surface area contributed by atoms with E-state index in [0.29, 0.717) is 0 Å². The maximum absolute atomic E-state index is 5.32. The van der Waals surface area contributed by atoms with Crippen LogP contribution in [0.15, 0.2) is 40.5 Å². The Morgan fingerprint density at radius 1 is 1.32 bits per heavy atom. The molecule has 2 N–H and O–H groups in total. The second-order valence-corrected chi connectivity index (χ2v) is 6.05. The molecule has 0 atom stereocenters. The Bertz CT molecular complexity index is 404. The highest BCUT2D eigenvalue weighted by Gasteiger charge is 1.99. The van der Waals surface area contributed by atoms with E-state index in [4.69, 9.17) is 4.42 Å². The topological polar surface area (TPSA) is 49.6 Å². The number of thioether (sulfide) groups is 1. The highest BCUT2D eigenvalue weighted by Crippen LogP contribution is 2.04. The average Bonchev–Trinajstić information content (AvgIpc) is 3.04. The van der Waals surface area contributed by atoms with E-state index in [2.05, 4.69) is 28.5 Å². The molecule has 0 saturated heterocycles. The lowest BCUT2D eigenvalue weighted by molar-refractivity contribution is 0.507. The molecule has 0 aliphatic rings. The number of nitrogens with one attached hydrogen (secondary N) is 2. The van der Waals surface area contributed by atoms with Gasteiger partial charge in [0.15, 0.2) is 5.96 Å². The van der Waals surface area contributed by atoms with E-state index in [0.717, 1.165) is 44.2 Å². The molecule has 5 heteroatoms. The van der Waals surface area contributed by atoms with Crippen LogP contribution in [-0.4, -0.2) is 37.6 Å². The van der Waals surface area contributed by atoms with E-state index in [-0.39, 0.29) is 0 Å². The minimum absolute atomic E-state index is 0.723. The lowest BCUT2D eigenvalue weighted by Gasteiger charge is -2.10. The van der Waals surface area contributed by atoms with Crippen LogP contribution >= 0.6 is 11.8 Å². The zero-order valence-electron chi connectivity index (χ0n) is 13.6. The Hall–Kier alpha value is -1.36. The zero-order chi connectivity index (χ0) is 15.9. The molecule has 0 saturated carbocycles. The van der Waals surface area contributed by atoms with Gasteiger partial charge in [-0.25, -0.2) is 0 Å². The molecule has 0 aromatic carbocycles. The molecule has 0 radical (unpaired) electrons. The lowest BCUT2D eigenvalue weighted by atomic mass is 10.2. The largest absolute Gasteiger partial charge is 0.469 e.